The summed E-state index contributed by atoms with van der Waals surface area (Å²) in [5, 5.41) is 14.5. The molecule has 0 unspecified atom stereocenters. The summed E-state index contributed by atoms with van der Waals surface area (Å²) in [5.41, 5.74) is 2.05. The van der Waals surface area contributed by atoms with Crippen LogP contribution in [0.1, 0.15) is 26.5 Å². The highest BCUT2D eigenvalue weighted by Gasteiger charge is 2.12. The average molecular weight is 373 g/mol. The van der Waals surface area contributed by atoms with E-state index in [0.29, 0.717) is 22.9 Å². The molecule has 0 spiro atoms. The van der Waals surface area contributed by atoms with Crippen LogP contribution in [0, 0.1) is 0 Å². The normalized spacial score (nSPS) is 13.0. The first-order valence-electron chi connectivity index (χ1n) is 8.19. The van der Waals surface area contributed by atoms with Crippen molar-refractivity contribution >= 4 is 23.6 Å². The lowest BCUT2D eigenvalue weighted by molar-refractivity contribution is -0.132. The molecule has 0 saturated heterocycles. The Hall–Kier alpha value is -2.79. The molecule has 0 atom stereocenters. The van der Waals surface area contributed by atoms with Gasteiger partial charge < -0.3 is 9.84 Å². The van der Waals surface area contributed by atoms with Gasteiger partial charge in [0.15, 0.2) is 0 Å². The summed E-state index contributed by atoms with van der Waals surface area (Å²) in [6.45, 7) is 6.00. The van der Waals surface area contributed by atoms with Gasteiger partial charge in [-0.1, -0.05) is 17.7 Å². The molecule has 0 fully saturated rings. The van der Waals surface area contributed by atoms with Gasteiger partial charge in [0.25, 0.3) is 0 Å². The van der Waals surface area contributed by atoms with Gasteiger partial charge in [-0.25, -0.2) is 9.48 Å². The lowest BCUT2D eigenvalue weighted by Gasteiger charge is -2.05. The zero-order chi connectivity index (χ0) is 19.1. The maximum absolute atomic E-state index is 11.6. The molecule has 2 rings (SSSR count). The number of carbonyl (C=O) groups is 1. The van der Waals surface area contributed by atoms with Crippen LogP contribution < -0.4 is 4.74 Å². The van der Waals surface area contributed by atoms with Gasteiger partial charge in [-0.3, -0.25) is 0 Å². The molecule has 0 amide bonds. The number of halogens is 1. The molecule has 5 nitrogen and oxygen atoms in total. The van der Waals surface area contributed by atoms with Gasteiger partial charge in [0.05, 0.1) is 23.6 Å². The number of aromatic nitrogens is 2. The van der Waals surface area contributed by atoms with Crippen molar-refractivity contribution in [2.45, 2.75) is 20.8 Å². The van der Waals surface area contributed by atoms with Crippen molar-refractivity contribution < 1.29 is 14.6 Å². The van der Waals surface area contributed by atoms with Crippen LogP contribution in [0.5, 0.6) is 5.75 Å². The molecule has 0 bridgehead atoms. The van der Waals surface area contributed by atoms with E-state index in [1.807, 2.05) is 31.2 Å². The molecule has 0 aliphatic rings. The van der Waals surface area contributed by atoms with Crippen LogP contribution in [-0.4, -0.2) is 27.5 Å². The minimum Gasteiger partial charge on any atom is -0.494 e. The van der Waals surface area contributed by atoms with Crippen LogP contribution in [0.25, 0.3) is 11.8 Å². The number of allylic oxidation sites excluding steroid dienone is 3. The number of carboxylic acids is 1. The second-order valence-electron chi connectivity index (χ2n) is 5.45. The SMILES string of the molecule is C/C=C(\C=C(/C)Cl)C(=C/c1ccn(-c2ccc(OCC)cc2)n1)/C(=O)O. The van der Waals surface area contributed by atoms with E-state index in [-0.39, 0.29) is 5.57 Å². The van der Waals surface area contributed by atoms with Crippen LogP contribution in [0.15, 0.2) is 64.9 Å². The molecule has 0 aliphatic heterocycles. The molecule has 1 aromatic heterocycles. The van der Waals surface area contributed by atoms with Crippen LogP contribution in [0.4, 0.5) is 0 Å². The maximum atomic E-state index is 11.6. The molecular weight excluding hydrogens is 352 g/mol. The van der Waals surface area contributed by atoms with E-state index < -0.39 is 5.97 Å². The van der Waals surface area contributed by atoms with Gasteiger partial charge in [0, 0.05) is 11.2 Å². The van der Waals surface area contributed by atoms with Crippen molar-refractivity contribution in [3.8, 4) is 11.4 Å². The standard InChI is InChI=1S/C20H21ClN2O3/c1-4-15(12-14(3)21)19(20(24)25)13-16-10-11-23(22-16)17-6-8-18(9-7-17)26-5-2/h4,6-13H,5H2,1-3H3,(H,24,25)/b14-12+,15-4+,19-13-. The summed E-state index contributed by atoms with van der Waals surface area (Å²) < 4.78 is 7.10. The molecule has 6 heteroatoms. The Morgan fingerprint density at radius 1 is 1.31 bits per heavy atom. The maximum Gasteiger partial charge on any atom is 0.336 e. The molecule has 0 radical (unpaired) electrons. The Morgan fingerprint density at radius 3 is 2.54 bits per heavy atom. The van der Waals surface area contributed by atoms with Crippen molar-refractivity contribution in [2.75, 3.05) is 6.61 Å². The lowest BCUT2D eigenvalue weighted by Crippen LogP contribution is -2.03. The second-order valence-corrected chi connectivity index (χ2v) is 6.05. The van der Waals surface area contributed by atoms with Crippen LogP contribution >= 0.6 is 11.6 Å². The third kappa shape index (κ3) is 5.10. The monoisotopic (exact) mass is 372 g/mol. The Bertz CT molecular complexity index is 857. The number of hydrogen-bond donors (Lipinski definition) is 1. The predicted octanol–water partition coefficient (Wildman–Crippen LogP) is 4.83. The molecule has 0 saturated carbocycles. The van der Waals surface area contributed by atoms with Gasteiger partial charge in [-0.05, 0) is 68.8 Å². The fourth-order valence-electron chi connectivity index (χ4n) is 2.37. The van der Waals surface area contributed by atoms with Crippen LogP contribution in [0.3, 0.4) is 0 Å². The highest BCUT2D eigenvalue weighted by atomic mass is 35.5. The third-order valence-corrected chi connectivity index (χ3v) is 3.63. The van der Waals surface area contributed by atoms with Gasteiger partial charge in [-0.2, -0.15) is 5.10 Å². The Morgan fingerprint density at radius 2 is 2.00 bits per heavy atom. The Labute approximate surface area is 157 Å². The third-order valence-electron chi connectivity index (χ3n) is 3.52. The molecule has 0 aliphatic carbocycles. The summed E-state index contributed by atoms with van der Waals surface area (Å²) in [6, 6.07) is 9.26. The fraction of sp³-hybridized carbons (Fsp3) is 0.200. The molecule has 26 heavy (non-hydrogen) atoms. The van der Waals surface area contributed by atoms with Crippen molar-refractivity contribution in [3.05, 3.63) is 70.6 Å². The van der Waals surface area contributed by atoms with E-state index in [1.54, 1.807) is 42.9 Å². The summed E-state index contributed by atoms with van der Waals surface area (Å²) in [7, 11) is 0. The molecule has 1 aromatic carbocycles. The molecule has 2 aromatic rings. The zero-order valence-corrected chi connectivity index (χ0v) is 15.7. The van der Waals surface area contributed by atoms with Crippen LogP contribution in [0.2, 0.25) is 0 Å². The van der Waals surface area contributed by atoms with Crippen molar-refractivity contribution in [3.63, 3.8) is 0 Å². The van der Waals surface area contributed by atoms with E-state index in [2.05, 4.69) is 5.10 Å². The van der Waals surface area contributed by atoms with E-state index in [9.17, 15) is 9.90 Å². The van der Waals surface area contributed by atoms with E-state index >= 15 is 0 Å². The van der Waals surface area contributed by atoms with E-state index in [0.717, 1.165) is 11.4 Å². The second kappa shape index (κ2) is 9.06. The minimum absolute atomic E-state index is 0.129. The largest absolute Gasteiger partial charge is 0.494 e. The first-order valence-corrected chi connectivity index (χ1v) is 8.56. The number of carboxylic acid groups (broad SMARTS) is 1. The Balaban J connectivity index is 2.33. The quantitative estimate of drug-likeness (QED) is 0.558. The van der Waals surface area contributed by atoms with E-state index in [4.69, 9.17) is 16.3 Å². The van der Waals surface area contributed by atoms with Crippen LogP contribution in [-0.2, 0) is 4.79 Å². The number of nitrogens with zero attached hydrogens (tertiary/aromatic N) is 2. The lowest BCUT2D eigenvalue weighted by atomic mass is 10.0. The predicted molar refractivity (Wildman–Crippen MR) is 104 cm³/mol. The van der Waals surface area contributed by atoms with Gasteiger partial charge in [0.1, 0.15) is 5.75 Å². The van der Waals surface area contributed by atoms with Crippen molar-refractivity contribution in [1.29, 1.82) is 0 Å². The fourth-order valence-corrected chi connectivity index (χ4v) is 2.49. The smallest absolute Gasteiger partial charge is 0.336 e. The number of ether oxygens (including phenoxy) is 1. The van der Waals surface area contributed by atoms with E-state index in [1.165, 1.54) is 6.08 Å². The molecule has 136 valence electrons. The molecule has 1 N–H and O–H groups in total. The molecular formula is C20H21ClN2O3. The first kappa shape index (κ1) is 19.5. The van der Waals surface area contributed by atoms with Crippen molar-refractivity contribution in [2.24, 2.45) is 0 Å². The first-order chi connectivity index (χ1) is 12.4. The van der Waals surface area contributed by atoms with Crippen molar-refractivity contribution in [1.82, 2.24) is 9.78 Å². The number of aliphatic carboxylic acids is 1. The summed E-state index contributed by atoms with van der Waals surface area (Å²) in [5.74, 6) is -0.250. The topological polar surface area (TPSA) is 64.4 Å². The highest BCUT2D eigenvalue weighted by Crippen LogP contribution is 2.20. The Kier molecular flexibility index (Phi) is 6.81. The minimum atomic E-state index is -1.04. The number of hydrogen-bond acceptors (Lipinski definition) is 3. The summed E-state index contributed by atoms with van der Waals surface area (Å²) >= 11 is 5.89. The number of rotatable bonds is 7. The number of benzene rings is 1. The summed E-state index contributed by atoms with van der Waals surface area (Å²) in [4.78, 5) is 11.6. The van der Waals surface area contributed by atoms with Gasteiger partial charge in [-0.15, -0.1) is 0 Å². The summed E-state index contributed by atoms with van der Waals surface area (Å²) in [6.07, 6.45) is 6.62. The van der Waals surface area contributed by atoms with Gasteiger partial charge >= 0.3 is 5.97 Å². The molecule has 1 heterocycles. The highest BCUT2D eigenvalue weighted by molar-refractivity contribution is 6.29. The van der Waals surface area contributed by atoms with Gasteiger partial charge in [0.2, 0.25) is 0 Å². The zero-order valence-electron chi connectivity index (χ0n) is 14.9. The average Bonchev–Trinajstić information content (AvgIpc) is 3.07.